The number of nitrogens with zero attached hydrogens (tertiary/aromatic N) is 6. The molecule has 0 saturated carbocycles. The molecule has 4 aromatic rings. The van der Waals surface area contributed by atoms with Gasteiger partial charge in [-0.25, -0.2) is 0 Å². The van der Waals surface area contributed by atoms with E-state index < -0.39 is 0 Å². The number of thioether (sulfide) groups is 1. The molecule has 3 aromatic heterocycles. The molecule has 10 heteroatoms. The summed E-state index contributed by atoms with van der Waals surface area (Å²) in [6.45, 7) is 2.43. The molecule has 1 aromatic carbocycles. The van der Waals surface area contributed by atoms with Crippen LogP contribution in [0.25, 0.3) is 11.3 Å². The van der Waals surface area contributed by atoms with Crippen LogP contribution in [0.3, 0.4) is 0 Å². The number of rotatable bonds is 7. The minimum atomic E-state index is -0.0830. The molecule has 29 heavy (non-hydrogen) atoms. The van der Waals surface area contributed by atoms with Crippen LogP contribution >= 0.6 is 23.4 Å². The molecular weight excluding hydrogens is 410 g/mol. The van der Waals surface area contributed by atoms with E-state index in [-0.39, 0.29) is 11.7 Å². The number of halogens is 1. The van der Waals surface area contributed by atoms with Gasteiger partial charge in [0.25, 0.3) is 0 Å². The van der Waals surface area contributed by atoms with Gasteiger partial charge in [-0.1, -0.05) is 35.5 Å². The summed E-state index contributed by atoms with van der Waals surface area (Å²) in [5, 5.41) is 20.5. The van der Waals surface area contributed by atoms with Crippen molar-refractivity contribution in [2.45, 2.75) is 18.5 Å². The van der Waals surface area contributed by atoms with Gasteiger partial charge in [-0.15, -0.1) is 20.4 Å². The molecule has 8 nitrogen and oxygen atoms in total. The Morgan fingerprint density at radius 2 is 2.10 bits per heavy atom. The van der Waals surface area contributed by atoms with Crippen molar-refractivity contribution in [2.24, 2.45) is 0 Å². The van der Waals surface area contributed by atoms with Gasteiger partial charge < -0.3 is 5.32 Å². The predicted octanol–water partition coefficient (Wildman–Crippen LogP) is 2.72. The Balaban J connectivity index is 1.31. The fourth-order valence-electron chi connectivity index (χ4n) is 2.79. The van der Waals surface area contributed by atoms with Crippen molar-refractivity contribution in [1.29, 1.82) is 0 Å². The molecule has 0 aliphatic carbocycles. The molecule has 0 radical (unpaired) electrons. The summed E-state index contributed by atoms with van der Waals surface area (Å²) in [6, 6.07) is 11.5. The number of carbonyl (C=O) groups is 1. The summed E-state index contributed by atoms with van der Waals surface area (Å²) in [7, 11) is 0. The second-order valence-electron chi connectivity index (χ2n) is 6.35. The maximum Gasteiger partial charge on any atom is 0.230 e. The van der Waals surface area contributed by atoms with E-state index in [1.54, 1.807) is 6.33 Å². The van der Waals surface area contributed by atoms with Crippen molar-refractivity contribution in [3.8, 4) is 5.69 Å². The highest BCUT2D eigenvalue weighted by Crippen LogP contribution is 2.23. The lowest BCUT2D eigenvalue weighted by molar-refractivity contribution is -0.118. The number of pyridine rings is 1. The van der Waals surface area contributed by atoms with Gasteiger partial charge >= 0.3 is 0 Å². The summed E-state index contributed by atoms with van der Waals surface area (Å²) in [5.41, 5.74) is 2.64. The molecule has 0 spiro atoms. The summed E-state index contributed by atoms with van der Waals surface area (Å²) >= 11 is 7.53. The Bertz CT molecular complexity index is 1160. The van der Waals surface area contributed by atoms with Gasteiger partial charge in [0.2, 0.25) is 5.91 Å². The summed E-state index contributed by atoms with van der Waals surface area (Å²) in [6.07, 6.45) is 4.11. The molecule has 0 aliphatic rings. The van der Waals surface area contributed by atoms with Crippen LogP contribution in [0.15, 0.2) is 54.1 Å². The molecule has 0 aliphatic heterocycles. The zero-order valence-corrected chi connectivity index (χ0v) is 17.2. The summed E-state index contributed by atoms with van der Waals surface area (Å²) in [5.74, 6) is 0.962. The van der Waals surface area contributed by atoms with Crippen molar-refractivity contribution >= 4 is 34.9 Å². The Hall–Kier alpha value is -2.91. The highest BCUT2D eigenvalue weighted by molar-refractivity contribution is 7.99. The summed E-state index contributed by atoms with van der Waals surface area (Å²) in [4.78, 5) is 12.2. The topological polar surface area (TPSA) is 90.0 Å². The third-order valence-electron chi connectivity index (χ3n) is 4.34. The van der Waals surface area contributed by atoms with Crippen molar-refractivity contribution in [2.75, 3.05) is 12.3 Å². The Morgan fingerprint density at radius 1 is 1.21 bits per heavy atom. The number of carbonyl (C=O) groups excluding carboxylic acids is 1. The molecule has 0 fully saturated rings. The largest absolute Gasteiger partial charge is 0.355 e. The SMILES string of the molecule is Cc1ccc(-n2cnnc2SCC(=O)NCCc2nnc3ccccn23)cc1Cl. The maximum absolute atomic E-state index is 12.2. The van der Waals surface area contributed by atoms with Crippen molar-refractivity contribution in [3.05, 3.63) is 65.3 Å². The van der Waals surface area contributed by atoms with Gasteiger partial charge in [-0.2, -0.15) is 0 Å². The van der Waals surface area contributed by atoms with E-state index in [1.807, 2.05) is 58.5 Å². The van der Waals surface area contributed by atoms with Crippen LogP contribution in [0.4, 0.5) is 0 Å². The minimum absolute atomic E-state index is 0.0830. The van der Waals surface area contributed by atoms with Gasteiger partial charge in [0.1, 0.15) is 12.2 Å². The van der Waals surface area contributed by atoms with Crippen molar-refractivity contribution < 1.29 is 4.79 Å². The van der Waals surface area contributed by atoms with Gasteiger partial charge in [-0.05, 0) is 36.8 Å². The minimum Gasteiger partial charge on any atom is -0.355 e. The third kappa shape index (κ3) is 4.41. The van der Waals surface area contributed by atoms with Gasteiger partial charge in [0.15, 0.2) is 10.8 Å². The van der Waals surface area contributed by atoms with Crippen LogP contribution in [0.2, 0.25) is 5.02 Å². The second kappa shape index (κ2) is 8.62. The van der Waals surface area contributed by atoms with E-state index in [0.717, 1.165) is 22.7 Å². The third-order valence-corrected chi connectivity index (χ3v) is 5.69. The lowest BCUT2D eigenvalue weighted by Crippen LogP contribution is -2.27. The number of hydrogen-bond acceptors (Lipinski definition) is 6. The van der Waals surface area contributed by atoms with E-state index in [0.29, 0.717) is 23.1 Å². The number of amides is 1. The highest BCUT2D eigenvalue weighted by Gasteiger charge is 2.11. The van der Waals surface area contributed by atoms with E-state index in [4.69, 9.17) is 11.6 Å². The van der Waals surface area contributed by atoms with Crippen LogP contribution in [-0.2, 0) is 11.2 Å². The Labute approximate surface area is 176 Å². The molecule has 1 N–H and O–H groups in total. The normalized spacial score (nSPS) is 11.1. The smallest absolute Gasteiger partial charge is 0.230 e. The van der Waals surface area contributed by atoms with E-state index in [9.17, 15) is 4.79 Å². The van der Waals surface area contributed by atoms with Gasteiger partial charge in [0.05, 0.1) is 11.4 Å². The molecule has 4 rings (SSSR count). The zero-order chi connectivity index (χ0) is 20.2. The fraction of sp³-hybridized carbons (Fsp3) is 0.211. The average Bonchev–Trinajstić information content (AvgIpc) is 3.36. The van der Waals surface area contributed by atoms with E-state index in [1.165, 1.54) is 11.8 Å². The second-order valence-corrected chi connectivity index (χ2v) is 7.70. The average molecular weight is 428 g/mol. The standard InChI is InChI=1S/C19H18ClN7OS/c1-13-5-6-14(10-15(13)20)27-12-22-25-19(27)29-11-18(28)21-8-7-17-24-23-16-4-2-3-9-26(16)17/h2-6,9-10,12H,7-8,11H2,1H3,(H,21,28). The van der Waals surface area contributed by atoms with Gasteiger partial charge in [-0.3, -0.25) is 13.8 Å². The first-order valence-corrected chi connectivity index (χ1v) is 10.3. The number of aromatic nitrogens is 6. The van der Waals surface area contributed by atoms with Gasteiger partial charge in [0, 0.05) is 24.2 Å². The highest BCUT2D eigenvalue weighted by atomic mass is 35.5. The van der Waals surface area contributed by atoms with E-state index >= 15 is 0 Å². The molecule has 1 amide bonds. The van der Waals surface area contributed by atoms with Crippen molar-refractivity contribution in [1.82, 2.24) is 34.7 Å². The van der Waals surface area contributed by atoms with Crippen LogP contribution < -0.4 is 5.32 Å². The molecule has 0 bridgehead atoms. The number of aryl methyl sites for hydroxylation is 1. The predicted molar refractivity (Wildman–Crippen MR) is 112 cm³/mol. The monoisotopic (exact) mass is 427 g/mol. The van der Waals surface area contributed by atoms with Crippen LogP contribution in [-0.4, -0.2) is 47.6 Å². The lowest BCUT2D eigenvalue weighted by atomic mass is 10.2. The first kappa shape index (κ1) is 19.4. The fourth-order valence-corrected chi connectivity index (χ4v) is 3.72. The zero-order valence-electron chi connectivity index (χ0n) is 15.6. The molecule has 148 valence electrons. The first-order chi connectivity index (χ1) is 14.1. The van der Waals surface area contributed by atoms with Crippen LogP contribution in [0.1, 0.15) is 11.4 Å². The molecule has 0 saturated heterocycles. The lowest BCUT2D eigenvalue weighted by Gasteiger charge is -2.08. The molecule has 0 unspecified atom stereocenters. The van der Waals surface area contributed by atoms with E-state index in [2.05, 4.69) is 25.7 Å². The Morgan fingerprint density at radius 3 is 2.97 bits per heavy atom. The number of nitrogens with one attached hydrogen (secondary N) is 1. The maximum atomic E-state index is 12.2. The van der Waals surface area contributed by atoms with Crippen molar-refractivity contribution in [3.63, 3.8) is 0 Å². The first-order valence-electron chi connectivity index (χ1n) is 8.96. The Kier molecular flexibility index (Phi) is 5.77. The number of fused-ring (bicyclic) bond motifs is 1. The molecular formula is C19H18ClN7OS. The van der Waals surface area contributed by atoms with Crippen LogP contribution in [0, 0.1) is 6.92 Å². The van der Waals surface area contributed by atoms with Crippen LogP contribution in [0.5, 0.6) is 0 Å². The quantitative estimate of drug-likeness (QED) is 0.456. The number of hydrogen-bond donors (Lipinski definition) is 1. The number of benzene rings is 1. The molecule has 3 heterocycles. The molecule has 0 atom stereocenters. The summed E-state index contributed by atoms with van der Waals surface area (Å²) < 4.78 is 3.72.